The highest BCUT2D eigenvalue weighted by molar-refractivity contribution is 5.73. The minimum Gasteiger partial charge on any atom is -0.359 e. The predicted octanol–water partition coefficient (Wildman–Crippen LogP) is 2.97. The van der Waals surface area contributed by atoms with Gasteiger partial charge in [-0.25, -0.2) is 0 Å². The maximum atomic E-state index is 2.59. The molecule has 2 aromatic rings. The van der Waals surface area contributed by atoms with Crippen LogP contribution in [0, 0.1) is 0 Å². The average Bonchev–Trinajstić information content (AvgIpc) is 3.00. The van der Waals surface area contributed by atoms with Gasteiger partial charge >= 0.3 is 0 Å². The average molecular weight is 296 g/mol. The molecule has 0 amide bonds. The van der Waals surface area contributed by atoms with E-state index in [0.29, 0.717) is 12.1 Å². The molecule has 1 aromatic carbocycles. The summed E-state index contributed by atoms with van der Waals surface area (Å²) in [6.45, 7) is 7.90. The Bertz CT molecular complexity index is 675. The summed E-state index contributed by atoms with van der Waals surface area (Å²) in [5.74, 6) is 0. The molecule has 1 saturated heterocycles. The summed E-state index contributed by atoms with van der Waals surface area (Å²) in [4.78, 5) is 5.18. The fraction of sp³-hybridized carbons (Fsp3) is 0.444. The van der Waals surface area contributed by atoms with Crippen LogP contribution in [0.4, 0.5) is 11.4 Å². The fourth-order valence-electron chi connectivity index (χ4n) is 3.83. The molecule has 1 unspecified atom stereocenters. The normalized spacial score (nSPS) is 21.4. The van der Waals surface area contributed by atoms with E-state index < -0.39 is 0 Å². The Morgan fingerprint density at radius 1 is 1.00 bits per heavy atom. The van der Waals surface area contributed by atoms with Gasteiger partial charge in [-0.05, 0) is 38.1 Å². The van der Waals surface area contributed by atoms with Crippen molar-refractivity contribution < 1.29 is 0 Å². The Hall–Kier alpha value is -1.94. The molecule has 0 N–H and O–H groups in total. The largest absolute Gasteiger partial charge is 0.359 e. The fourth-order valence-corrected chi connectivity index (χ4v) is 3.83. The number of anilines is 2. The first-order valence-electron chi connectivity index (χ1n) is 8.18. The summed E-state index contributed by atoms with van der Waals surface area (Å²) in [5, 5.41) is 2.27. The maximum absolute atomic E-state index is 2.59. The van der Waals surface area contributed by atoms with Gasteiger partial charge < -0.3 is 4.90 Å². The summed E-state index contributed by atoms with van der Waals surface area (Å²) >= 11 is 0. The number of para-hydroxylation sites is 2. The molecular formula is C18H24N4. The van der Waals surface area contributed by atoms with Crippen LogP contribution in [0.5, 0.6) is 0 Å². The Kier molecular flexibility index (Phi) is 3.15. The minimum atomic E-state index is 0.414. The van der Waals surface area contributed by atoms with Crippen molar-refractivity contribution in [1.29, 1.82) is 0 Å². The quantitative estimate of drug-likeness (QED) is 0.804. The van der Waals surface area contributed by atoms with Gasteiger partial charge in [0.15, 0.2) is 0 Å². The Morgan fingerprint density at radius 3 is 2.55 bits per heavy atom. The number of piperazine rings is 1. The molecule has 22 heavy (non-hydrogen) atoms. The number of benzene rings is 1. The van der Waals surface area contributed by atoms with Crippen LogP contribution in [0.3, 0.4) is 0 Å². The first-order valence-corrected chi connectivity index (χ1v) is 8.18. The molecule has 4 heteroatoms. The molecule has 0 aliphatic carbocycles. The monoisotopic (exact) mass is 296 g/mol. The summed E-state index contributed by atoms with van der Waals surface area (Å²) in [6, 6.07) is 14.2. The minimum absolute atomic E-state index is 0.414. The van der Waals surface area contributed by atoms with Crippen LogP contribution in [0.15, 0.2) is 42.6 Å². The molecule has 1 fully saturated rings. The van der Waals surface area contributed by atoms with E-state index in [1.54, 1.807) is 0 Å². The van der Waals surface area contributed by atoms with Crippen molar-refractivity contribution in [1.82, 2.24) is 9.58 Å². The maximum Gasteiger partial charge on any atom is 0.0841 e. The standard InChI is InChI=1S/C18H24N4/c1-14(2)20-11-12-21-16-8-5-4-7-15(16)19(3)22-10-6-9-17(22)18(21)13-20/h4-10,14,18H,11-13H2,1-3H3. The van der Waals surface area contributed by atoms with E-state index in [0.717, 1.165) is 19.6 Å². The summed E-state index contributed by atoms with van der Waals surface area (Å²) in [6.07, 6.45) is 2.17. The molecule has 4 rings (SSSR count). The molecule has 0 saturated carbocycles. The highest BCUT2D eigenvalue weighted by Crippen LogP contribution is 2.40. The van der Waals surface area contributed by atoms with Gasteiger partial charge in [0.2, 0.25) is 0 Å². The Morgan fingerprint density at radius 2 is 1.77 bits per heavy atom. The van der Waals surface area contributed by atoms with Crippen molar-refractivity contribution >= 4 is 11.4 Å². The third kappa shape index (κ3) is 1.94. The third-order valence-corrected chi connectivity index (χ3v) is 5.11. The van der Waals surface area contributed by atoms with Crippen molar-refractivity contribution in [2.24, 2.45) is 0 Å². The molecule has 2 aliphatic rings. The number of fused-ring (bicyclic) bond motifs is 5. The van der Waals surface area contributed by atoms with Crippen molar-refractivity contribution in [2.75, 3.05) is 36.6 Å². The van der Waals surface area contributed by atoms with E-state index in [4.69, 9.17) is 0 Å². The topological polar surface area (TPSA) is 14.7 Å². The van der Waals surface area contributed by atoms with Crippen LogP contribution in [0.1, 0.15) is 25.6 Å². The summed E-state index contributed by atoms with van der Waals surface area (Å²) in [5.41, 5.74) is 4.01. The Labute approximate surface area is 132 Å². The van der Waals surface area contributed by atoms with E-state index in [9.17, 15) is 0 Å². The Balaban J connectivity index is 1.85. The second-order valence-electron chi connectivity index (χ2n) is 6.59. The lowest BCUT2D eigenvalue weighted by Crippen LogP contribution is -2.50. The van der Waals surface area contributed by atoms with E-state index in [1.165, 1.54) is 17.1 Å². The number of aromatic nitrogens is 1. The second-order valence-corrected chi connectivity index (χ2v) is 6.59. The van der Waals surface area contributed by atoms with Gasteiger partial charge in [0, 0.05) is 38.9 Å². The van der Waals surface area contributed by atoms with Crippen molar-refractivity contribution in [2.45, 2.75) is 25.9 Å². The zero-order valence-electron chi connectivity index (χ0n) is 13.6. The summed E-state index contributed by atoms with van der Waals surface area (Å²) < 4.78 is 2.30. The van der Waals surface area contributed by atoms with Gasteiger partial charge in [0.1, 0.15) is 0 Å². The predicted molar refractivity (Wildman–Crippen MR) is 91.5 cm³/mol. The molecule has 116 valence electrons. The van der Waals surface area contributed by atoms with Crippen molar-refractivity contribution in [3.63, 3.8) is 0 Å². The molecule has 4 nitrogen and oxygen atoms in total. The van der Waals surface area contributed by atoms with E-state index in [2.05, 4.69) is 83.0 Å². The number of rotatable bonds is 1. The molecule has 1 atom stereocenters. The first kappa shape index (κ1) is 13.7. The smallest absolute Gasteiger partial charge is 0.0841 e. The molecular weight excluding hydrogens is 272 g/mol. The van der Waals surface area contributed by atoms with Crippen LogP contribution in [0.25, 0.3) is 0 Å². The number of hydrogen-bond donors (Lipinski definition) is 0. The number of nitrogens with zero attached hydrogens (tertiary/aromatic N) is 4. The lowest BCUT2D eigenvalue weighted by molar-refractivity contribution is 0.179. The van der Waals surface area contributed by atoms with Crippen LogP contribution in [-0.2, 0) is 0 Å². The zero-order chi connectivity index (χ0) is 15.3. The SMILES string of the molecule is CC(C)N1CCN2c3ccccc3N(C)n3cccc3C2C1. The van der Waals surface area contributed by atoms with Crippen molar-refractivity contribution in [3.05, 3.63) is 48.3 Å². The van der Waals surface area contributed by atoms with E-state index in [-0.39, 0.29) is 0 Å². The van der Waals surface area contributed by atoms with Crippen molar-refractivity contribution in [3.8, 4) is 0 Å². The van der Waals surface area contributed by atoms with Gasteiger partial charge in [0.05, 0.1) is 23.1 Å². The van der Waals surface area contributed by atoms with Gasteiger partial charge in [-0.1, -0.05) is 12.1 Å². The molecule has 3 heterocycles. The molecule has 2 aliphatic heterocycles. The van der Waals surface area contributed by atoms with Crippen LogP contribution in [-0.4, -0.2) is 42.3 Å². The van der Waals surface area contributed by atoms with Gasteiger partial charge in [0.25, 0.3) is 0 Å². The van der Waals surface area contributed by atoms with E-state index >= 15 is 0 Å². The van der Waals surface area contributed by atoms with E-state index in [1.807, 2.05) is 0 Å². The zero-order valence-corrected chi connectivity index (χ0v) is 13.6. The van der Waals surface area contributed by atoms with Crippen LogP contribution < -0.4 is 9.91 Å². The van der Waals surface area contributed by atoms with Gasteiger partial charge in [-0.15, -0.1) is 0 Å². The molecule has 0 radical (unpaired) electrons. The highest BCUT2D eigenvalue weighted by Gasteiger charge is 2.35. The highest BCUT2D eigenvalue weighted by atomic mass is 15.6. The summed E-state index contributed by atoms with van der Waals surface area (Å²) in [7, 11) is 2.15. The second kappa shape index (κ2) is 5.06. The lowest BCUT2D eigenvalue weighted by atomic mass is 10.1. The van der Waals surface area contributed by atoms with Gasteiger partial charge in [-0.2, -0.15) is 0 Å². The molecule has 0 bridgehead atoms. The molecule has 1 aromatic heterocycles. The molecule has 0 spiro atoms. The number of hydrogen-bond acceptors (Lipinski definition) is 3. The lowest BCUT2D eigenvalue weighted by Gasteiger charge is -2.43. The van der Waals surface area contributed by atoms with Gasteiger partial charge in [-0.3, -0.25) is 14.6 Å². The van der Waals surface area contributed by atoms with Crippen LogP contribution >= 0.6 is 0 Å². The first-order chi connectivity index (χ1) is 10.7. The van der Waals surface area contributed by atoms with Crippen LogP contribution in [0.2, 0.25) is 0 Å². The third-order valence-electron chi connectivity index (χ3n) is 5.11.